The molecule has 1 fully saturated rings. The zero-order chi connectivity index (χ0) is 16.9. The fourth-order valence-electron chi connectivity index (χ4n) is 3.04. The predicted molar refractivity (Wildman–Crippen MR) is 85.6 cm³/mol. The normalized spacial score (nSPS) is 28.0. The van der Waals surface area contributed by atoms with Crippen LogP contribution in [0.5, 0.6) is 0 Å². The van der Waals surface area contributed by atoms with Crippen molar-refractivity contribution in [1.29, 1.82) is 0 Å². The number of nitrogens with one attached hydrogen (secondary N) is 1. The van der Waals surface area contributed by atoms with Gasteiger partial charge in [-0.15, -0.1) is 0 Å². The van der Waals surface area contributed by atoms with Gasteiger partial charge in [-0.25, -0.2) is 0 Å². The molecule has 0 spiro atoms. The molecule has 0 aromatic carbocycles. The highest BCUT2D eigenvalue weighted by Gasteiger charge is 2.31. The predicted octanol–water partition coefficient (Wildman–Crippen LogP) is 2.15. The molecule has 130 valence electrons. The quantitative estimate of drug-likeness (QED) is 0.620. The zero-order valence-electron chi connectivity index (χ0n) is 14.0. The van der Waals surface area contributed by atoms with Crippen LogP contribution in [0, 0.1) is 17.8 Å². The third-order valence-corrected chi connectivity index (χ3v) is 5.26. The maximum atomic E-state index is 12.3. The minimum Gasteiger partial charge on any atom is -0.394 e. The highest BCUT2D eigenvalue weighted by atomic mass is 31.2. The highest BCUT2D eigenvalue weighted by molar-refractivity contribution is 7.51. The lowest BCUT2D eigenvalue weighted by Crippen LogP contribution is -2.48. The molecule has 3 atom stereocenters. The van der Waals surface area contributed by atoms with Crippen LogP contribution in [0.25, 0.3) is 0 Å². The van der Waals surface area contributed by atoms with Gasteiger partial charge in [0.15, 0.2) is 0 Å². The summed E-state index contributed by atoms with van der Waals surface area (Å²) in [7, 11) is -3.65. The summed E-state index contributed by atoms with van der Waals surface area (Å²) < 4.78 is 16.2. The number of aliphatic hydroxyl groups excluding tert-OH is 1. The number of aliphatic hydroxyl groups is 1. The number of hydrogen-bond donors (Lipinski definition) is 3. The molecule has 0 bridgehead atoms. The van der Waals surface area contributed by atoms with Crippen molar-refractivity contribution in [3.8, 4) is 0 Å². The van der Waals surface area contributed by atoms with Gasteiger partial charge in [-0.05, 0) is 44.4 Å². The van der Waals surface area contributed by atoms with E-state index in [4.69, 9.17) is 4.52 Å². The third-order valence-electron chi connectivity index (χ3n) is 4.54. The number of amides is 1. The van der Waals surface area contributed by atoms with Crippen LogP contribution in [0.2, 0.25) is 0 Å². The van der Waals surface area contributed by atoms with E-state index in [0.717, 1.165) is 32.3 Å². The van der Waals surface area contributed by atoms with E-state index >= 15 is 0 Å². The molecule has 22 heavy (non-hydrogen) atoms. The second kappa shape index (κ2) is 8.44. The van der Waals surface area contributed by atoms with Gasteiger partial charge < -0.3 is 19.8 Å². The molecule has 1 rings (SSSR count). The molecule has 0 aromatic heterocycles. The molecule has 1 unspecified atom stereocenters. The molecule has 0 aromatic rings. The lowest BCUT2D eigenvalue weighted by molar-refractivity contribution is -0.128. The Kier molecular flexibility index (Phi) is 7.53. The molecule has 1 amide bonds. The first-order valence-corrected chi connectivity index (χ1v) is 10.1. The van der Waals surface area contributed by atoms with E-state index in [0.29, 0.717) is 11.8 Å². The molecule has 1 aliphatic rings. The molecule has 0 aliphatic heterocycles. The summed E-state index contributed by atoms with van der Waals surface area (Å²) in [6.45, 7) is 6.76. The van der Waals surface area contributed by atoms with E-state index in [1.807, 2.05) is 0 Å². The Labute approximate surface area is 133 Å². The topological polar surface area (TPSA) is 95.9 Å². The number of carbonyl (C=O) groups is 1. The number of hydrogen-bond acceptors (Lipinski definition) is 4. The standard InChI is InChI=1S/C15H30NO5P/c1-10(2)12-5-7-13(8-6-12)15(18)16-14(9-17)11(3)21-22(4,19)20/h10-14,17H,5-9H2,1-4H3,(H,16,18)(H,19,20)/t11-,12?,13?,14-/m0/s1. The second-order valence-electron chi connectivity index (χ2n) is 6.77. The first-order valence-electron chi connectivity index (χ1n) is 8.04. The van der Waals surface area contributed by atoms with Crippen LogP contribution in [0.4, 0.5) is 0 Å². The minimum absolute atomic E-state index is 0.0428. The first kappa shape index (κ1) is 19.6. The van der Waals surface area contributed by atoms with E-state index < -0.39 is 19.7 Å². The smallest absolute Gasteiger partial charge is 0.325 e. The Balaban J connectivity index is 2.50. The van der Waals surface area contributed by atoms with E-state index in [1.165, 1.54) is 0 Å². The van der Waals surface area contributed by atoms with Gasteiger partial charge in [-0.3, -0.25) is 9.36 Å². The minimum atomic E-state index is -3.65. The molecule has 7 heteroatoms. The van der Waals surface area contributed by atoms with Crippen LogP contribution in [-0.4, -0.2) is 41.3 Å². The number of rotatable bonds is 7. The van der Waals surface area contributed by atoms with Crippen molar-refractivity contribution in [2.24, 2.45) is 17.8 Å². The summed E-state index contributed by atoms with van der Waals surface area (Å²) in [5, 5.41) is 12.1. The van der Waals surface area contributed by atoms with Gasteiger partial charge >= 0.3 is 7.60 Å². The zero-order valence-corrected chi connectivity index (χ0v) is 14.9. The van der Waals surface area contributed by atoms with E-state index in [1.54, 1.807) is 6.92 Å². The summed E-state index contributed by atoms with van der Waals surface area (Å²) in [5.41, 5.74) is 0. The largest absolute Gasteiger partial charge is 0.394 e. The third kappa shape index (κ3) is 6.37. The Morgan fingerprint density at radius 2 is 1.82 bits per heavy atom. The van der Waals surface area contributed by atoms with Crippen LogP contribution in [0.3, 0.4) is 0 Å². The molecule has 0 saturated heterocycles. The maximum absolute atomic E-state index is 12.3. The highest BCUT2D eigenvalue weighted by Crippen LogP contribution is 2.39. The fraction of sp³-hybridized carbons (Fsp3) is 0.933. The van der Waals surface area contributed by atoms with Crippen molar-refractivity contribution in [2.45, 2.75) is 58.6 Å². The average Bonchev–Trinajstić information content (AvgIpc) is 2.42. The Hall–Kier alpha value is -0.420. The van der Waals surface area contributed by atoms with Crippen molar-refractivity contribution < 1.29 is 23.9 Å². The van der Waals surface area contributed by atoms with Gasteiger partial charge in [0.1, 0.15) is 0 Å². The van der Waals surface area contributed by atoms with Crippen molar-refractivity contribution in [3.05, 3.63) is 0 Å². The van der Waals surface area contributed by atoms with Crippen LogP contribution >= 0.6 is 7.60 Å². The lowest BCUT2D eigenvalue weighted by atomic mass is 9.76. The summed E-state index contributed by atoms with van der Waals surface area (Å²) in [6, 6.07) is -0.671. The van der Waals surface area contributed by atoms with Gasteiger partial charge in [-0.2, -0.15) is 0 Å². The summed E-state index contributed by atoms with van der Waals surface area (Å²) >= 11 is 0. The maximum Gasteiger partial charge on any atom is 0.325 e. The molecule has 0 radical (unpaired) electrons. The lowest BCUT2D eigenvalue weighted by Gasteiger charge is -2.32. The van der Waals surface area contributed by atoms with E-state index in [2.05, 4.69) is 19.2 Å². The Bertz CT molecular complexity index is 401. The fourth-order valence-corrected chi connectivity index (χ4v) is 3.81. The second-order valence-corrected chi connectivity index (χ2v) is 8.58. The summed E-state index contributed by atoms with van der Waals surface area (Å²) in [4.78, 5) is 21.5. The van der Waals surface area contributed by atoms with Crippen molar-refractivity contribution in [2.75, 3.05) is 13.3 Å². The first-order chi connectivity index (χ1) is 10.1. The van der Waals surface area contributed by atoms with Gasteiger partial charge in [0.05, 0.1) is 18.8 Å². The summed E-state index contributed by atoms with van der Waals surface area (Å²) in [5.74, 6) is 1.19. The molecule has 6 nitrogen and oxygen atoms in total. The van der Waals surface area contributed by atoms with Gasteiger partial charge in [0.2, 0.25) is 5.91 Å². The number of carbonyl (C=O) groups excluding carboxylic acids is 1. The van der Waals surface area contributed by atoms with E-state index in [9.17, 15) is 19.4 Å². The van der Waals surface area contributed by atoms with Crippen LogP contribution in [0.15, 0.2) is 0 Å². The van der Waals surface area contributed by atoms with Crippen LogP contribution < -0.4 is 5.32 Å². The van der Waals surface area contributed by atoms with Crippen LogP contribution in [-0.2, 0) is 13.9 Å². The molecule has 1 saturated carbocycles. The SMILES string of the molecule is CC(C)C1CCC(C(=O)N[C@@H](CO)[C@H](C)OP(C)(=O)O)CC1. The van der Waals surface area contributed by atoms with Crippen LogP contribution in [0.1, 0.15) is 46.5 Å². The van der Waals surface area contributed by atoms with Crippen molar-refractivity contribution in [3.63, 3.8) is 0 Å². The summed E-state index contributed by atoms with van der Waals surface area (Å²) in [6.07, 6.45) is 3.09. The monoisotopic (exact) mass is 335 g/mol. The van der Waals surface area contributed by atoms with Gasteiger partial charge in [0, 0.05) is 12.6 Å². The van der Waals surface area contributed by atoms with E-state index in [-0.39, 0.29) is 18.4 Å². The molecule has 1 aliphatic carbocycles. The average molecular weight is 335 g/mol. The van der Waals surface area contributed by atoms with Crippen molar-refractivity contribution >= 4 is 13.5 Å². The molecular weight excluding hydrogens is 305 g/mol. The van der Waals surface area contributed by atoms with Gasteiger partial charge in [-0.1, -0.05) is 13.8 Å². The molecule has 0 heterocycles. The Morgan fingerprint density at radius 1 is 1.27 bits per heavy atom. The molecule has 3 N–H and O–H groups in total. The Morgan fingerprint density at radius 3 is 2.23 bits per heavy atom. The molecular formula is C15H30NO5P. The van der Waals surface area contributed by atoms with Crippen molar-refractivity contribution in [1.82, 2.24) is 5.32 Å². The van der Waals surface area contributed by atoms with Gasteiger partial charge in [0.25, 0.3) is 0 Å².